The normalized spacial score (nSPS) is 28.6. The third kappa shape index (κ3) is 1.56. The molecule has 0 aromatic carbocycles. The number of rotatable bonds is 0. The van der Waals surface area contributed by atoms with Crippen LogP contribution in [0.3, 0.4) is 0 Å². The standard InChI is InChI=1S/C11H19N/c1-10-2-4-11(5-3-10)6-8-12-9-7-11/h2,12H,3-9H2,1H3. The van der Waals surface area contributed by atoms with Crippen molar-refractivity contribution in [3.05, 3.63) is 11.6 Å². The summed E-state index contributed by atoms with van der Waals surface area (Å²) in [4.78, 5) is 0. The SMILES string of the molecule is CC1=CCC2(CCNCC2)CC1. The monoisotopic (exact) mass is 165 g/mol. The quantitative estimate of drug-likeness (QED) is 0.544. The molecule has 12 heavy (non-hydrogen) atoms. The molecule has 1 nitrogen and oxygen atoms in total. The number of allylic oxidation sites excluding steroid dienone is 2. The Morgan fingerprint density at radius 1 is 1.25 bits per heavy atom. The third-order valence-electron chi connectivity index (χ3n) is 3.60. The molecule has 1 fully saturated rings. The van der Waals surface area contributed by atoms with Crippen molar-refractivity contribution in [3.8, 4) is 0 Å². The minimum absolute atomic E-state index is 0.699. The number of hydrogen-bond donors (Lipinski definition) is 1. The van der Waals surface area contributed by atoms with E-state index in [0.717, 1.165) is 0 Å². The first-order chi connectivity index (χ1) is 5.81. The first-order valence-electron chi connectivity index (χ1n) is 5.17. The van der Waals surface area contributed by atoms with Crippen LogP contribution >= 0.6 is 0 Å². The average Bonchev–Trinajstić information content (AvgIpc) is 2.13. The van der Waals surface area contributed by atoms with Gasteiger partial charge in [-0.3, -0.25) is 0 Å². The summed E-state index contributed by atoms with van der Waals surface area (Å²) in [5.74, 6) is 0. The fraction of sp³-hybridized carbons (Fsp3) is 0.818. The first kappa shape index (κ1) is 8.31. The van der Waals surface area contributed by atoms with Gasteiger partial charge in [-0.25, -0.2) is 0 Å². The van der Waals surface area contributed by atoms with Gasteiger partial charge in [-0.15, -0.1) is 0 Å². The molecule has 1 aliphatic heterocycles. The van der Waals surface area contributed by atoms with Crippen molar-refractivity contribution in [1.82, 2.24) is 5.32 Å². The van der Waals surface area contributed by atoms with Crippen LogP contribution in [-0.2, 0) is 0 Å². The van der Waals surface area contributed by atoms with Gasteiger partial charge in [-0.2, -0.15) is 0 Å². The first-order valence-corrected chi connectivity index (χ1v) is 5.17. The molecule has 1 heteroatoms. The summed E-state index contributed by atoms with van der Waals surface area (Å²) in [5.41, 5.74) is 2.31. The highest BCUT2D eigenvalue weighted by Crippen LogP contribution is 2.42. The van der Waals surface area contributed by atoms with Crippen LogP contribution in [0.2, 0.25) is 0 Å². The molecule has 2 aliphatic rings. The maximum absolute atomic E-state index is 3.45. The molecule has 1 N–H and O–H groups in total. The molecule has 2 rings (SSSR count). The predicted octanol–water partition coefficient (Wildman–Crippen LogP) is 2.49. The Balaban J connectivity index is 2.02. The summed E-state index contributed by atoms with van der Waals surface area (Å²) >= 11 is 0. The zero-order chi connectivity index (χ0) is 8.44. The van der Waals surface area contributed by atoms with Gasteiger partial charge in [0.15, 0.2) is 0 Å². The topological polar surface area (TPSA) is 12.0 Å². The van der Waals surface area contributed by atoms with Crippen molar-refractivity contribution in [3.63, 3.8) is 0 Å². The van der Waals surface area contributed by atoms with E-state index in [9.17, 15) is 0 Å². The van der Waals surface area contributed by atoms with E-state index in [1.807, 2.05) is 0 Å². The van der Waals surface area contributed by atoms with Gasteiger partial charge >= 0.3 is 0 Å². The molecule has 0 amide bonds. The molecule has 0 unspecified atom stereocenters. The minimum atomic E-state index is 0.699. The molecule has 0 bridgehead atoms. The van der Waals surface area contributed by atoms with Crippen LogP contribution < -0.4 is 5.32 Å². The zero-order valence-electron chi connectivity index (χ0n) is 8.03. The highest BCUT2D eigenvalue weighted by Gasteiger charge is 2.32. The largest absolute Gasteiger partial charge is 0.317 e. The Hall–Kier alpha value is -0.300. The van der Waals surface area contributed by atoms with Gasteiger partial charge in [0.2, 0.25) is 0 Å². The summed E-state index contributed by atoms with van der Waals surface area (Å²) in [6.45, 7) is 4.76. The van der Waals surface area contributed by atoms with Gasteiger partial charge in [-0.05, 0) is 57.5 Å². The maximum atomic E-state index is 3.45. The number of hydrogen-bond acceptors (Lipinski definition) is 1. The summed E-state index contributed by atoms with van der Waals surface area (Å²) in [5, 5.41) is 3.45. The molecule has 1 saturated heterocycles. The average molecular weight is 165 g/mol. The molecule has 0 aromatic heterocycles. The Morgan fingerprint density at radius 2 is 2.00 bits per heavy atom. The fourth-order valence-electron chi connectivity index (χ4n) is 2.47. The number of piperidine rings is 1. The van der Waals surface area contributed by atoms with Gasteiger partial charge < -0.3 is 5.32 Å². The highest BCUT2D eigenvalue weighted by atomic mass is 14.9. The third-order valence-corrected chi connectivity index (χ3v) is 3.60. The Bertz CT molecular complexity index is 187. The molecule has 0 saturated carbocycles. The van der Waals surface area contributed by atoms with Gasteiger partial charge in [-0.1, -0.05) is 11.6 Å². The van der Waals surface area contributed by atoms with E-state index in [1.54, 1.807) is 5.57 Å². The lowest BCUT2D eigenvalue weighted by Crippen LogP contribution is -2.37. The van der Waals surface area contributed by atoms with Crippen LogP contribution in [-0.4, -0.2) is 13.1 Å². The molecule has 1 heterocycles. The number of nitrogens with one attached hydrogen (secondary N) is 1. The molecule has 1 spiro atoms. The van der Waals surface area contributed by atoms with Gasteiger partial charge in [0.25, 0.3) is 0 Å². The Kier molecular flexibility index (Phi) is 2.22. The summed E-state index contributed by atoms with van der Waals surface area (Å²) in [7, 11) is 0. The van der Waals surface area contributed by atoms with Crippen LogP contribution in [0.1, 0.15) is 39.0 Å². The Labute approximate surface area is 75.2 Å². The van der Waals surface area contributed by atoms with Crippen molar-refractivity contribution < 1.29 is 0 Å². The predicted molar refractivity (Wildman–Crippen MR) is 52.1 cm³/mol. The highest BCUT2D eigenvalue weighted by molar-refractivity contribution is 5.07. The van der Waals surface area contributed by atoms with E-state index in [0.29, 0.717) is 5.41 Å². The van der Waals surface area contributed by atoms with Crippen molar-refractivity contribution in [2.45, 2.75) is 39.0 Å². The van der Waals surface area contributed by atoms with Gasteiger partial charge in [0.05, 0.1) is 0 Å². The van der Waals surface area contributed by atoms with Crippen molar-refractivity contribution >= 4 is 0 Å². The molecule has 68 valence electrons. The van der Waals surface area contributed by atoms with E-state index in [-0.39, 0.29) is 0 Å². The van der Waals surface area contributed by atoms with Crippen LogP contribution in [0.25, 0.3) is 0 Å². The molecule has 0 aromatic rings. The minimum Gasteiger partial charge on any atom is -0.317 e. The van der Waals surface area contributed by atoms with E-state index < -0.39 is 0 Å². The van der Waals surface area contributed by atoms with Gasteiger partial charge in [0, 0.05) is 0 Å². The van der Waals surface area contributed by atoms with Crippen molar-refractivity contribution in [1.29, 1.82) is 0 Å². The smallest absolute Gasteiger partial charge is 0.00435 e. The van der Waals surface area contributed by atoms with Crippen LogP contribution in [0, 0.1) is 5.41 Å². The second-order valence-electron chi connectivity index (χ2n) is 4.50. The van der Waals surface area contributed by atoms with Crippen LogP contribution in [0.15, 0.2) is 11.6 Å². The molecular formula is C11H19N. The van der Waals surface area contributed by atoms with Crippen LogP contribution in [0.5, 0.6) is 0 Å². The van der Waals surface area contributed by atoms with E-state index in [2.05, 4.69) is 18.3 Å². The summed E-state index contributed by atoms with van der Waals surface area (Å²) in [6.07, 6.45) is 9.40. The lowest BCUT2D eigenvalue weighted by atomic mass is 9.69. The summed E-state index contributed by atoms with van der Waals surface area (Å²) < 4.78 is 0. The van der Waals surface area contributed by atoms with E-state index in [1.165, 1.54) is 45.2 Å². The fourth-order valence-corrected chi connectivity index (χ4v) is 2.47. The Morgan fingerprint density at radius 3 is 2.58 bits per heavy atom. The second kappa shape index (κ2) is 3.21. The maximum Gasteiger partial charge on any atom is -0.00435 e. The molecule has 0 atom stereocenters. The zero-order valence-corrected chi connectivity index (χ0v) is 8.03. The van der Waals surface area contributed by atoms with Crippen molar-refractivity contribution in [2.24, 2.45) is 5.41 Å². The van der Waals surface area contributed by atoms with Crippen LogP contribution in [0.4, 0.5) is 0 Å². The second-order valence-corrected chi connectivity index (χ2v) is 4.50. The van der Waals surface area contributed by atoms with E-state index >= 15 is 0 Å². The molecular weight excluding hydrogens is 146 g/mol. The summed E-state index contributed by atoms with van der Waals surface area (Å²) in [6, 6.07) is 0. The molecule has 1 aliphatic carbocycles. The lowest BCUT2D eigenvalue weighted by Gasteiger charge is -2.39. The van der Waals surface area contributed by atoms with E-state index in [4.69, 9.17) is 0 Å². The van der Waals surface area contributed by atoms with Gasteiger partial charge in [0.1, 0.15) is 0 Å². The lowest BCUT2D eigenvalue weighted by molar-refractivity contribution is 0.179. The molecule has 0 radical (unpaired) electrons. The van der Waals surface area contributed by atoms with Crippen molar-refractivity contribution in [2.75, 3.05) is 13.1 Å².